The van der Waals surface area contributed by atoms with E-state index in [1.807, 2.05) is 0 Å². The van der Waals surface area contributed by atoms with Crippen molar-refractivity contribution in [3.63, 3.8) is 0 Å². The summed E-state index contributed by atoms with van der Waals surface area (Å²) in [6.45, 7) is -0.893. The van der Waals surface area contributed by atoms with Gasteiger partial charge in [0.1, 0.15) is 6.61 Å². The van der Waals surface area contributed by atoms with E-state index in [1.165, 1.54) is 6.07 Å². The first kappa shape index (κ1) is 14.6. The van der Waals surface area contributed by atoms with E-state index >= 15 is 0 Å². The van der Waals surface area contributed by atoms with Crippen LogP contribution in [-0.4, -0.2) is 25.0 Å². The Bertz CT molecular complexity index is 500. The van der Waals surface area contributed by atoms with Crippen molar-refractivity contribution in [2.75, 3.05) is 6.61 Å². The highest BCUT2D eigenvalue weighted by atomic mass is 19.3. The number of alkyl halides is 2. The molecule has 0 radical (unpaired) electrons. The van der Waals surface area contributed by atoms with Crippen LogP contribution in [0, 0.1) is 5.82 Å². The summed E-state index contributed by atoms with van der Waals surface area (Å²) in [6, 6.07) is 3.42. The van der Waals surface area contributed by atoms with Gasteiger partial charge in [0.15, 0.2) is 17.5 Å². The molecule has 6 nitrogen and oxygen atoms in total. The third kappa shape index (κ3) is 5.15. The molecule has 0 unspecified atom stereocenters. The summed E-state index contributed by atoms with van der Waals surface area (Å²) in [5, 5.41) is 0. The van der Waals surface area contributed by atoms with Gasteiger partial charge in [0.05, 0.1) is 5.69 Å². The zero-order valence-electron chi connectivity index (χ0n) is 9.69. The largest absolute Gasteiger partial charge is 0.485 e. The number of nitrogens with two attached hydrogens (primary N) is 3. The summed E-state index contributed by atoms with van der Waals surface area (Å²) in [5.41, 5.74) is 15.6. The molecular formula is C10H12F3N5O. The molecule has 0 aliphatic carbocycles. The molecule has 6 N–H and O–H groups in total. The number of guanidine groups is 2. The lowest BCUT2D eigenvalue weighted by atomic mass is 10.3. The minimum Gasteiger partial charge on any atom is -0.485 e. The Morgan fingerprint density at radius 1 is 1.26 bits per heavy atom. The van der Waals surface area contributed by atoms with Gasteiger partial charge in [0.2, 0.25) is 5.96 Å². The van der Waals surface area contributed by atoms with Crippen molar-refractivity contribution < 1.29 is 17.9 Å². The molecule has 0 heterocycles. The lowest BCUT2D eigenvalue weighted by molar-refractivity contribution is 0.0799. The number of halogens is 3. The smallest absolute Gasteiger partial charge is 0.272 e. The Morgan fingerprint density at radius 2 is 1.95 bits per heavy atom. The van der Waals surface area contributed by atoms with E-state index in [2.05, 4.69) is 14.7 Å². The first-order valence-corrected chi connectivity index (χ1v) is 5.02. The zero-order chi connectivity index (χ0) is 14.4. The first-order valence-electron chi connectivity index (χ1n) is 5.02. The van der Waals surface area contributed by atoms with E-state index in [1.54, 1.807) is 0 Å². The number of rotatable bonds is 4. The average Bonchev–Trinajstić information content (AvgIpc) is 2.26. The number of nitrogens with zero attached hydrogens (tertiary/aromatic N) is 2. The highest BCUT2D eigenvalue weighted by Crippen LogP contribution is 2.23. The Kier molecular flexibility index (Phi) is 4.98. The molecule has 1 rings (SSSR count). The van der Waals surface area contributed by atoms with Crippen molar-refractivity contribution in [3.8, 4) is 5.75 Å². The summed E-state index contributed by atoms with van der Waals surface area (Å²) < 4.78 is 41.8. The van der Waals surface area contributed by atoms with Crippen LogP contribution in [0.3, 0.4) is 0 Å². The zero-order valence-corrected chi connectivity index (χ0v) is 9.69. The molecule has 1 aromatic rings. The van der Waals surface area contributed by atoms with Gasteiger partial charge in [-0.15, -0.1) is 0 Å². The van der Waals surface area contributed by atoms with Crippen molar-refractivity contribution in [1.29, 1.82) is 0 Å². The second kappa shape index (κ2) is 6.47. The fraction of sp³-hybridized carbons (Fsp3) is 0.200. The number of hydrogen-bond donors (Lipinski definition) is 3. The van der Waals surface area contributed by atoms with Crippen LogP contribution in [0.25, 0.3) is 0 Å². The maximum absolute atomic E-state index is 13.4. The van der Waals surface area contributed by atoms with Crippen LogP contribution in [0.2, 0.25) is 0 Å². The number of aliphatic imine (C=N–C) groups is 2. The first-order chi connectivity index (χ1) is 8.88. The highest BCUT2D eigenvalue weighted by Gasteiger charge is 2.08. The minimum absolute atomic E-state index is 0.115. The van der Waals surface area contributed by atoms with Gasteiger partial charge in [-0.1, -0.05) is 0 Å². The Morgan fingerprint density at radius 3 is 2.47 bits per heavy atom. The maximum atomic E-state index is 13.4. The number of benzene rings is 1. The molecule has 0 spiro atoms. The van der Waals surface area contributed by atoms with Crippen LogP contribution in [-0.2, 0) is 0 Å². The summed E-state index contributed by atoms with van der Waals surface area (Å²) in [4.78, 5) is 7.13. The normalized spacial score (nSPS) is 11.5. The standard InChI is InChI=1S/C10H12F3N5O/c11-6-3-5(17-10(16)18-9(14)15)1-2-7(6)19-4-8(12)13/h1-3,8H,4H2,(H6,14,15,16,17,18). The van der Waals surface area contributed by atoms with E-state index < -0.39 is 18.8 Å². The van der Waals surface area contributed by atoms with Crippen LogP contribution in [0.4, 0.5) is 18.9 Å². The van der Waals surface area contributed by atoms with Gasteiger partial charge in [-0.05, 0) is 12.1 Å². The van der Waals surface area contributed by atoms with Gasteiger partial charge in [-0.25, -0.2) is 18.2 Å². The third-order valence-corrected chi connectivity index (χ3v) is 1.77. The third-order valence-electron chi connectivity index (χ3n) is 1.77. The van der Waals surface area contributed by atoms with Gasteiger partial charge in [-0.3, -0.25) is 0 Å². The van der Waals surface area contributed by atoms with E-state index in [4.69, 9.17) is 17.2 Å². The fourth-order valence-electron chi connectivity index (χ4n) is 1.12. The SMILES string of the molecule is NC(N)=NC(N)=Nc1ccc(OCC(F)F)c(F)c1. The van der Waals surface area contributed by atoms with Gasteiger partial charge in [-0.2, -0.15) is 4.99 Å². The Labute approximate surface area is 106 Å². The molecule has 104 valence electrons. The predicted molar refractivity (Wildman–Crippen MR) is 65.0 cm³/mol. The summed E-state index contributed by atoms with van der Waals surface area (Å²) in [5.74, 6) is -1.71. The topological polar surface area (TPSA) is 112 Å². The quantitative estimate of drug-likeness (QED) is 0.554. The highest BCUT2D eigenvalue weighted by molar-refractivity contribution is 5.93. The van der Waals surface area contributed by atoms with E-state index in [-0.39, 0.29) is 23.4 Å². The van der Waals surface area contributed by atoms with Crippen LogP contribution >= 0.6 is 0 Å². The van der Waals surface area contributed by atoms with Crippen LogP contribution < -0.4 is 21.9 Å². The van der Waals surface area contributed by atoms with Gasteiger partial charge in [0, 0.05) is 6.07 Å². The minimum atomic E-state index is -2.69. The molecule has 0 aliphatic rings. The molecule has 19 heavy (non-hydrogen) atoms. The molecule has 0 bridgehead atoms. The lowest BCUT2D eigenvalue weighted by Crippen LogP contribution is -2.26. The monoisotopic (exact) mass is 275 g/mol. The second-order valence-electron chi connectivity index (χ2n) is 3.32. The van der Waals surface area contributed by atoms with Crippen LogP contribution in [0.1, 0.15) is 0 Å². The summed E-state index contributed by atoms with van der Waals surface area (Å²) in [7, 11) is 0. The molecule has 9 heteroatoms. The molecule has 0 fully saturated rings. The number of hydrogen-bond acceptors (Lipinski definition) is 2. The molecule has 1 aromatic carbocycles. The summed E-state index contributed by atoms with van der Waals surface area (Å²) in [6.07, 6.45) is -2.69. The maximum Gasteiger partial charge on any atom is 0.272 e. The molecule has 0 amide bonds. The number of ether oxygens (including phenoxy) is 1. The van der Waals surface area contributed by atoms with Crippen molar-refractivity contribution >= 4 is 17.6 Å². The van der Waals surface area contributed by atoms with E-state index in [0.29, 0.717) is 0 Å². The second-order valence-corrected chi connectivity index (χ2v) is 3.32. The fourth-order valence-corrected chi connectivity index (χ4v) is 1.12. The van der Waals surface area contributed by atoms with Crippen molar-refractivity contribution in [1.82, 2.24) is 0 Å². The molecule has 0 aromatic heterocycles. The van der Waals surface area contributed by atoms with Crippen molar-refractivity contribution in [2.24, 2.45) is 27.2 Å². The predicted octanol–water partition coefficient (Wildman–Crippen LogP) is 0.689. The average molecular weight is 275 g/mol. The molecular weight excluding hydrogens is 263 g/mol. The molecule has 0 saturated carbocycles. The lowest BCUT2D eigenvalue weighted by Gasteiger charge is -2.06. The Balaban J connectivity index is 2.85. The van der Waals surface area contributed by atoms with Crippen molar-refractivity contribution in [2.45, 2.75) is 6.43 Å². The Hall–Kier alpha value is -2.45. The van der Waals surface area contributed by atoms with E-state index in [9.17, 15) is 13.2 Å². The molecule has 0 atom stereocenters. The van der Waals surface area contributed by atoms with Gasteiger partial charge < -0.3 is 21.9 Å². The van der Waals surface area contributed by atoms with Crippen LogP contribution in [0.15, 0.2) is 28.2 Å². The van der Waals surface area contributed by atoms with Gasteiger partial charge in [0.25, 0.3) is 6.43 Å². The molecule has 0 saturated heterocycles. The van der Waals surface area contributed by atoms with Gasteiger partial charge >= 0.3 is 0 Å². The summed E-state index contributed by atoms with van der Waals surface area (Å²) >= 11 is 0. The van der Waals surface area contributed by atoms with E-state index in [0.717, 1.165) is 12.1 Å². The van der Waals surface area contributed by atoms with Crippen LogP contribution in [0.5, 0.6) is 5.75 Å². The molecule has 0 aliphatic heterocycles. The van der Waals surface area contributed by atoms with Crippen molar-refractivity contribution in [3.05, 3.63) is 24.0 Å².